The lowest BCUT2D eigenvalue weighted by molar-refractivity contribution is 0.0637. The van der Waals surface area contributed by atoms with Crippen LogP contribution in [0.2, 0.25) is 0 Å². The summed E-state index contributed by atoms with van der Waals surface area (Å²) in [6, 6.07) is 1.92. The number of nitrogen functional groups attached to an aromatic ring is 1. The quantitative estimate of drug-likeness (QED) is 0.697. The number of nitrogens with one attached hydrogen (secondary N) is 1. The molecule has 0 spiro atoms. The molecule has 0 aliphatic rings. The van der Waals surface area contributed by atoms with Crippen LogP contribution in [0.5, 0.6) is 0 Å². The molecule has 1 unspecified atom stereocenters. The minimum Gasteiger partial charge on any atom is -0.397 e. The fourth-order valence-electron chi connectivity index (χ4n) is 1.63. The molecule has 0 aliphatic carbocycles. The fraction of sp³-hybridized carbons (Fsp3) is 0.500. The van der Waals surface area contributed by atoms with Crippen LogP contribution in [0.25, 0.3) is 0 Å². The predicted molar refractivity (Wildman–Crippen MR) is 64.8 cm³/mol. The summed E-state index contributed by atoms with van der Waals surface area (Å²) in [5.74, 6) is -1.94. The van der Waals surface area contributed by atoms with E-state index in [4.69, 9.17) is 5.73 Å². The van der Waals surface area contributed by atoms with Crippen molar-refractivity contribution in [2.75, 3.05) is 17.6 Å². The number of nitrogens with two attached hydrogens (primary N) is 1. The first kappa shape index (κ1) is 13.7. The molecular formula is C12H18F2N2O. The summed E-state index contributed by atoms with van der Waals surface area (Å²) in [5, 5.41) is 12.7. The molecule has 0 amide bonds. The van der Waals surface area contributed by atoms with Gasteiger partial charge in [-0.15, -0.1) is 0 Å². The van der Waals surface area contributed by atoms with Gasteiger partial charge in [-0.25, -0.2) is 8.78 Å². The molecule has 0 saturated heterocycles. The molecule has 17 heavy (non-hydrogen) atoms. The Balaban J connectivity index is 2.73. The Morgan fingerprint density at radius 2 is 1.94 bits per heavy atom. The maximum atomic E-state index is 13.0. The molecule has 1 aromatic carbocycles. The third kappa shape index (κ3) is 3.85. The van der Waals surface area contributed by atoms with Gasteiger partial charge >= 0.3 is 0 Å². The van der Waals surface area contributed by atoms with Gasteiger partial charge in [0.2, 0.25) is 0 Å². The lowest BCUT2D eigenvalue weighted by Gasteiger charge is -2.24. The fourth-order valence-corrected chi connectivity index (χ4v) is 1.63. The lowest BCUT2D eigenvalue weighted by Crippen LogP contribution is -2.33. The summed E-state index contributed by atoms with van der Waals surface area (Å²) in [4.78, 5) is 0. The van der Waals surface area contributed by atoms with Gasteiger partial charge in [0, 0.05) is 18.7 Å². The lowest BCUT2D eigenvalue weighted by atomic mass is 10.0. The summed E-state index contributed by atoms with van der Waals surface area (Å²) in [7, 11) is 0. The molecule has 0 aromatic heterocycles. The van der Waals surface area contributed by atoms with Crippen molar-refractivity contribution in [3.05, 3.63) is 23.8 Å². The molecule has 1 rings (SSSR count). The van der Waals surface area contributed by atoms with Crippen LogP contribution in [0.1, 0.15) is 26.7 Å². The minimum atomic E-state index is -0.978. The summed E-state index contributed by atoms with van der Waals surface area (Å²) >= 11 is 0. The second kappa shape index (κ2) is 5.31. The largest absolute Gasteiger partial charge is 0.397 e. The zero-order valence-electron chi connectivity index (χ0n) is 10.1. The number of benzene rings is 1. The van der Waals surface area contributed by atoms with Gasteiger partial charge in [-0.3, -0.25) is 0 Å². The zero-order valence-corrected chi connectivity index (χ0v) is 10.1. The highest BCUT2D eigenvalue weighted by Crippen LogP contribution is 2.23. The Bertz CT molecular complexity index is 394. The van der Waals surface area contributed by atoms with E-state index in [-0.39, 0.29) is 12.2 Å². The average Bonchev–Trinajstić information content (AvgIpc) is 2.21. The second-order valence-electron chi connectivity index (χ2n) is 4.45. The van der Waals surface area contributed by atoms with Crippen molar-refractivity contribution in [2.24, 2.45) is 0 Å². The van der Waals surface area contributed by atoms with E-state index >= 15 is 0 Å². The number of hydrogen-bond acceptors (Lipinski definition) is 3. The Hall–Kier alpha value is -1.36. The molecule has 0 aliphatic heterocycles. The van der Waals surface area contributed by atoms with Gasteiger partial charge in [-0.05, 0) is 13.3 Å². The maximum absolute atomic E-state index is 13.0. The summed E-state index contributed by atoms with van der Waals surface area (Å²) in [5.41, 5.74) is 5.06. The van der Waals surface area contributed by atoms with E-state index in [1.54, 1.807) is 6.92 Å². The molecule has 96 valence electrons. The Morgan fingerprint density at radius 3 is 2.53 bits per heavy atom. The van der Waals surface area contributed by atoms with E-state index in [0.29, 0.717) is 12.1 Å². The molecule has 0 radical (unpaired) electrons. The van der Waals surface area contributed by atoms with Gasteiger partial charge in [-0.1, -0.05) is 13.3 Å². The van der Waals surface area contributed by atoms with Gasteiger partial charge in [0.25, 0.3) is 0 Å². The van der Waals surface area contributed by atoms with Crippen LogP contribution >= 0.6 is 0 Å². The number of anilines is 2. The van der Waals surface area contributed by atoms with Crippen molar-refractivity contribution < 1.29 is 13.9 Å². The van der Waals surface area contributed by atoms with Gasteiger partial charge in [-0.2, -0.15) is 0 Å². The monoisotopic (exact) mass is 244 g/mol. The van der Waals surface area contributed by atoms with Crippen molar-refractivity contribution in [1.82, 2.24) is 0 Å². The van der Waals surface area contributed by atoms with Crippen molar-refractivity contribution in [3.8, 4) is 0 Å². The SMILES string of the molecule is CCCC(C)(O)CNc1cc(F)c(F)cc1N. The first-order chi connectivity index (χ1) is 7.85. The Kier molecular flexibility index (Phi) is 4.28. The van der Waals surface area contributed by atoms with Gasteiger partial charge < -0.3 is 16.2 Å². The molecule has 1 aromatic rings. The van der Waals surface area contributed by atoms with E-state index in [2.05, 4.69) is 5.32 Å². The molecule has 0 bridgehead atoms. The molecule has 5 heteroatoms. The molecule has 0 heterocycles. The van der Waals surface area contributed by atoms with Crippen LogP contribution in [0.15, 0.2) is 12.1 Å². The van der Waals surface area contributed by atoms with Gasteiger partial charge in [0.1, 0.15) is 0 Å². The number of rotatable bonds is 5. The topological polar surface area (TPSA) is 58.3 Å². The van der Waals surface area contributed by atoms with Crippen molar-refractivity contribution >= 4 is 11.4 Å². The highest BCUT2D eigenvalue weighted by molar-refractivity contribution is 5.66. The van der Waals surface area contributed by atoms with Crippen LogP contribution in [0.3, 0.4) is 0 Å². The van der Waals surface area contributed by atoms with E-state index < -0.39 is 17.2 Å². The van der Waals surface area contributed by atoms with Crippen LogP contribution in [0.4, 0.5) is 20.2 Å². The molecule has 0 saturated carbocycles. The van der Waals surface area contributed by atoms with E-state index in [9.17, 15) is 13.9 Å². The third-order valence-corrected chi connectivity index (χ3v) is 2.54. The Morgan fingerprint density at radius 1 is 1.35 bits per heavy atom. The summed E-state index contributed by atoms with van der Waals surface area (Å²) in [6.07, 6.45) is 1.45. The highest BCUT2D eigenvalue weighted by atomic mass is 19.2. The maximum Gasteiger partial charge on any atom is 0.161 e. The second-order valence-corrected chi connectivity index (χ2v) is 4.45. The molecule has 3 nitrogen and oxygen atoms in total. The van der Waals surface area contributed by atoms with Gasteiger partial charge in [0.15, 0.2) is 11.6 Å². The third-order valence-electron chi connectivity index (χ3n) is 2.54. The van der Waals surface area contributed by atoms with Crippen LogP contribution in [-0.2, 0) is 0 Å². The minimum absolute atomic E-state index is 0.121. The van der Waals surface area contributed by atoms with E-state index in [1.807, 2.05) is 6.92 Å². The normalized spacial score (nSPS) is 14.4. The predicted octanol–water partition coefficient (Wildman–Crippen LogP) is 2.51. The Labute approximate surface area is 99.6 Å². The van der Waals surface area contributed by atoms with Crippen molar-refractivity contribution in [3.63, 3.8) is 0 Å². The standard InChI is InChI=1S/C12H18F2N2O/c1-3-4-12(2,17)7-16-11-6-9(14)8(13)5-10(11)15/h5-6,16-17H,3-4,7,15H2,1-2H3. The molecule has 1 atom stereocenters. The summed E-state index contributed by atoms with van der Waals surface area (Å²) < 4.78 is 25.8. The van der Waals surface area contributed by atoms with Crippen LogP contribution in [0, 0.1) is 11.6 Å². The van der Waals surface area contributed by atoms with Crippen LogP contribution < -0.4 is 11.1 Å². The number of hydrogen-bond donors (Lipinski definition) is 3. The average molecular weight is 244 g/mol. The van der Waals surface area contributed by atoms with E-state index in [1.165, 1.54) is 0 Å². The van der Waals surface area contributed by atoms with E-state index in [0.717, 1.165) is 18.6 Å². The molecular weight excluding hydrogens is 226 g/mol. The van der Waals surface area contributed by atoms with Crippen molar-refractivity contribution in [2.45, 2.75) is 32.3 Å². The first-order valence-electron chi connectivity index (χ1n) is 5.56. The first-order valence-corrected chi connectivity index (χ1v) is 5.56. The summed E-state index contributed by atoms with van der Waals surface area (Å²) in [6.45, 7) is 3.87. The number of aliphatic hydroxyl groups is 1. The van der Waals surface area contributed by atoms with Crippen molar-refractivity contribution in [1.29, 1.82) is 0 Å². The molecule has 0 fully saturated rings. The smallest absolute Gasteiger partial charge is 0.161 e. The zero-order chi connectivity index (χ0) is 13.1. The molecule has 4 N–H and O–H groups in total. The highest BCUT2D eigenvalue weighted by Gasteiger charge is 2.19. The van der Waals surface area contributed by atoms with Crippen LogP contribution in [-0.4, -0.2) is 17.3 Å². The van der Waals surface area contributed by atoms with Gasteiger partial charge in [0.05, 0.1) is 17.0 Å². The number of halogens is 2.